The Balaban J connectivity index is 2.18. The molecule has 0 aliphatic heterocycles. The van der Waals surface area contributed by atoms with Crippen molar-refractivity contribution < 1.29 is 41.0 Å². The molecule has 0 unspecified atom stereocenters. The van der Waals surface area contributed by atoms with E-state index in [1.54, 1.807) is 18.2 Å². The van der Waals surface area contributed by atoms with Crippen molar-refractivity contribution in [2.24, 2.45) is 0 Å². The summed E-state index contributed by atoms with van der Waals surface area (Å²) in [7, 11) is -1.96. The van der Waals surface area contributed by atoms with Crippen molar-refractivity contribution in [3.63, 3.8) is 0 Å². The lowest BCUT2D eigenvalue weighted by atomic mass is 10.0. The number of carbonyl (C=O) groups is 1. The van der Waals surface area contributed by atoms with Gasteiger partial charge < -0.3 is 14.6 Å². The Morgan fingerprint density at radius 2 is 1.70 bits per heavy atom. The molecule has 7 nitrogen and oxygen atoms in total. The molecule has 0 spiro atoms. The van der Waals surface area contributed by atoms with Crippen molar-refractivity contribution in [1.82, 2.24) is 0 Å². The minimum absolute atomic E-state index is 0.152. The van der Waals surface area contributed by atoms with Crippen molar-refractivity contribution in [2.75, 3.05) is 18.9 Å². The van der Waals surface area contributed by atoms with Crippen LogP contribution >= 0.6 is 0 Å². The molecule has 174 valence electrons. The highest BCUT2D eigenvalue weighted by molar-refractivity contribution is 7.92. The van der Waals surface area contributed by atoms with Gasteiger partial charge in [-0.05, 0) is 48.0 Å². The molecule has 0 heterocycles. The molecular formula is C22H18F3NO6S. The smallest absolute Gasteiger partial charge is 0.416 e. The Hall–Kier alpha value is -3.73. The fourth-order valence-corrected chi connectivity index (χ4v) is 4.33. The highest BCUT2D eigenvalue weighted by Gasteiger charge is 2.32. The lowest BCUT2D eigenvalue weighted by Crippen LogP contribution is -2.16. The van der Waals surface area contributed by atoms with Crippen LogP contribution in [0, 0.1) is 0 Å². The zero-order valence-electron chi connectivity index (χ0n) is 17.3. The van der Waals surface area contributed by atoms with Gasteiger partial charge in [0.25, 0.3) is 10.0 Å². The Kier molecular flexibility index (Phi) is 6.54. The number of rotatable bonds is 7. The first-order chi connectivity index (χ1) is 15.5. The summed E-state index contributed by atoms with van der Waals surface area (Å²) in [5.41, 5.74) is -1.22. The molecule has 0 bridgehead atoms. The monoisotopic (exact) mass is 481 g/mol. The van der Waals surface area contributed by atoms with Gasteiger partial charge in [-0.2, -0.15) is 13.2 Å². The van der Waals surface area contributed by atoms with Gasteiger partial charge >= 0.3 is 12.1 Å². The van der Waals surface area contributed by atoms with Crippen LogP contribution in [0.2, 0.25) is 0 Å². The maximum atomic E-state index is 13.4. The van der Waals surface area contributed by atoms with Crippen LogP contribution in [0.15, 0.2) is 65.6 Å². The number of alkyl halides is 3. The second-order valence-corrected chi connectivity index (χ2v) is 8.42. The molecule has 3 rings (SSSR count). The van der Waals surface area contributed by atoms with Gasteiger partial charge in [0, 0.05) is 5.56 Å². The molecule has 3 aromatic rings. The van der Waals surface area contributed by atoms with Gasteiger partial charge in [-0.15, -0.1) is 0 Å². The fourth-order valence-electron chi connectivity index (χ4n) is 3.07. The average Bonchev–Trinajstić information content (AvgIpc) is 2.77. The van der Waals surface area contributed by atoms with Crippen LogP contribution in [0.5, 0.6) is 11.5 Å². The first-order valence-electron chi connectivity index (χ1n) is 9.26. The number of hydrogen-bond donors (Lipinski definition) is 2. The maximum Gasteiger partial charge on any atom is 0.416 e. The number of aromatic carboxylic acids is 1. The molecule has 0 saturated carbocycles. The van der Waals surface area contributed by atoms with Gasteiger partial charge in [-0.1, -0.05) is 18.2 Å². The van der Waals surface area contributed by atoms with Crippen LogP contribution in [0.25, 0.3) is 11.1 Å². The van der Waals surface area contributed by atoms with E-state index in [9.17, 15) is 31.5 Å². The Bertz CT molecular complexity index is 1310. The Labute approximate surface area is 187 Å². The SMILES string of the molecule is COc1cccc(-c2ccc(C(F)(F)F)cc2NS(=O)(=O)c2cc(C(=O)O)ccc2OC)c1. The molecule has 0 aliphatic rings. The first kappa shape index (κ1) is 23.9. The summed E-state index contributed by atoms with van der Waals surface area (Å²) in [6.45, 7) is 0. The average molecular weight is 481 g/mol. The van der Waals surface area contributed by atoms with E-state index in [0.29, 0.717) is 17.4 Å². The van der Waals surface area contributed by atoms with E-state index in [1.165, 1.54) is 20.3 Å². The molecule has 0 amide bonds. The number of carboxylic acid groups (broad SMARTS) is 1. The van der Waals surface area contributed by atoms with Gasteiger partial charge in [0.05, 0.1) is 31.0 Å². The van der Waals surface area contributed by atoms with E-state index >= 15 is 0 Å². The summed E-state index contributed by atoms with van der Waals surface area (Å²) < 4.78 is 78.6. The van der Waals surface area contributed by atoms with Crippen molar-refractivity contribution in [1.29, 1.82) is 0 Å². The number of sulfonamides is 1. The molecule has 11 heteroatoms. The van der Waals surface area contributed by atoms with Crippen LogP contribution in [0.1, 0.15) is 15.9 Å². The number of anilines is 1. The summed E-state index contributed by atoms with van der Waals surface area (Å²) in [5.74, 6) is -1.15. The summed E-state index contributed by atoms with van der Waals surface area (Å²) in [6, 6.07) is 12.1. The van der Waals surface area contributed by atoms with E-state index in [0.717, 1.165) is 30.3 Å². The van der Waals surface area contributed by atoms with Gasteiger partial charge in [0.15, 0.2) is 0 Å². The lowest BCUT2D eigenvalue weighted by molar-refractivity contribution is -0.137. The Morgan fingerprint density at radius 3 is 2.30 bits per heavy atom. The summed E-state index contributed by atoms with van der Waals surface area (Å²) in [5, 5.41) is 9.20. The zero-order valence-corrected chi connectivity index (χ0v) is 18.1. The fraction of sp³-hybridized carbons (Fsp3) is 0.136. The number of halogens is 3. The van der Waals surface area contributed by atoms with Gasteiger partial charge in [-0.25, -0.2) is 13.2 Å². The predicted octanol–water partition coefficient (Wildman–Crippen LogP) is 4.89. The van der Waals surface area contributed by atoms with Gasteiger partial charge in [0.1, 0.15) is 16.4 Å². The van der Waals surface area contributed by atoms with Crippen molar-refractivity contribution in [3.8, 4) is 22.6 Å². The molecular weight excluding hydrogens is 463 g/mol. The summed E-state index contributed by atoms with van der Waals surface area (Å²) >= 11 is 0. The lowest BCUT2D eigenvalue weighted by Gasteiger charge is -2.17. The van der Waals surface area contributed by atoms with Gasteiger partial charge in [0.2, 0.25) is 0 Å². The molecule has 33 heavy (non-hydrogen) atoms. The first-order valence-corrected chi connectivity index (χ1v) is 10.7. The molecule has 3 aromatic carbocycles. The van der Waals surface area contributed by atoms with Crippen molar-refractivity contribution in [2.45, 2.75) is 11.1 Å². The third kappa shape index (κ3) is 5.20. The predicted molar refractivity (Wildman–Crippen MR) is 114 cm³/mol. The molecule has 0 saturated heterocycles. The van der Waals surface area contributed by atoms with Crippen LogP contribution in [-0.4, -0.2) is 33.7 Å². The summed E-state index contributed by atoms with van der Waals surface area (Å²) in [6.07, 6.45) is -4.73. The van der Waals surface area contributed by atoms with E-state index in [2.05, 4.69) is 4.72 Å². The number of hydrogen-bond acceptors (Lipinski definition) is 5. The molecule has 0 atom stereocenters. The molecule has 0 aromatic heterocycles. The third-order valence-corrected chi connectivity index (χ3v) is 6.06. The number of benzene rings is 3. The number of ether oxygens (including phenoxy) is 2. The van der Waals surface area contributed by atoms with Gasteiger partial charge in [-0.3, -0.25) is 4.72 Å². The zero-order chi connectivity index (χ0) is 24.4. The second-order valence-electron chi connectivity index (χ2n) is 6.77. The van der Waals surface area contributed by atoms with Crippen molar-refractivity contribution >= 4 is 21.7 Å². The van der Waals surface area contributed by atoms with Crippen LogP contribution in [0.4, 0.5) is 18.9 Å². The van der Waals surface area contributed by atoms with Crippen LogP contribution < -0.4 is 14.2 Å². The third-order valence-electron chi connectivity index (χ3n) is 4.67. The van der Waals surface area contributed by atoms with E-state index in [1.807, 2.05) is 0 Å². The number of methoxy groups -OCH3 is 2. The number of nitrogens with one attached hydrogen (secondary N) is 1. The second kappa shape index (κ2) is 9.02. The normalized spacial score (nSPS) is 11.7. The van der Waals surface area contributed by atoms with Crippen LogP contribution in [0.3, 0.4) is 0 Å². The maximum absolute atomic E-state index is 13.4. The molecule has 0 aliphatic carbocycles. The largest absolute Gasteiger partial charge is 0.497 e. The standard InChI is InChI=1S/C22H18F3NO6S/c1-31-16-5-3-4-13(10-16)17-8-7-15(22(23,24)25)12-18(17)26-33(29,30)20-11-14(21(27)28)6-9-19(20)32-2/h3-12,26H,1-2H3,(H,27,28). The van der Waals surface area contributed by atoms with E-state index < -0.39 is 32.6 Å². The molecule has 0 fully saturated rings. The Morgan fingerprint density at radius 1 is 0.970 bits per heavy atom. The number of carboxylic acids is 1. The highest BCUT2D eigenvalue weighted by Crippen LogP contribution is 2.38. The quantitative estimate of drug-likeness (QED) is 0.498. The van der Waals surface area contributed by atoms with Crippen molar-refractivity contribution in [3.05, 3.63) is 71.8 Å². The highest BCUT2D eigenvalue weighted by atomic mass is 32.2. The molecule has 0 radical (unpaired) electrons. The van der Waals surface area contributed by atoms with Crippen LogP contribution in [-0.2, 0) is 16.2 Å². The van der Waals surface area contributed by atoms with E-state index in [4.69, 9.17) is 9.47 Å². The summed E-state index contributed by atoms with van der Waals surface area (Å²) in [4.78, 5) is 10.8. The van der Waals surface area contributed by atoms with E-state index in [-0.39, 0.29) is 22.6 Å². The minimum Gasteiger partial charge on any atom is -0.497 e. The molecule has 2 N–H and O–H groups in total. The minimum atomic E-state index is -4.73. The topological polar surface area (TPSA) is 102 Å².